The summed E-state index contributed by atoms with van der Waals surface area (Å²) < 4.78 is 15.4. The molecule has 2 rings (SSSR count). The Kier molecular flexibility index (Phi) is 6.00. The van der Waals surface area contributed by atoms with Gasteiger partial charge in [-0.1, -0.05) is 19.1 Å². The molecule has 0 fully saturated rings. The average Bonchev–Trinajstić information content (AvgIpc) is 2.66. The molecule has 0 unspecified atom stereocenters. The molecular formula is C18H20N2O6. The Labute approximate surface area is 150 Å². The topological polar surface area (TPSA) is 99.9 Å². The normalized spacial score (nSPS) is 10.2. The maximum Gasteiger partial charge on any atom is 0.327 e. The van der Waals surface area contributed by atoms with E-state index < -0.39 is 16.5 Å². The van der Waals surface area contributed by atoms with Crippen molar-refractivity contribution in [1.82, 2.24) is 0 Å². The van der Waals surface area contributed by atoms with E-state index >= 15 is 0 Å². The van der Waals surface area contributed by atoms with Crippen LogP contribution in [-0.2, 0) is 6.42 Å². The standard InChI is InChI=1S/C18H20N2O6/c1-5-11-6-8-12(9-7-11)19-18(21)13-10-14(24-2)16(25-3)17(26-4)15(13)20(22)23/h6-10H,5H2,1-4H3,(H,19,21). The van der Waals surface area contributed by atoms with Crippen molar-refractivity contribution in [2.24, 2.45) is 0 Å². The summed E-state index contributed by atoms with van der Waals surface area (Å²) >= 11 is 0. The molecule has 0 spiro atoms. The van der Waals surface area contributed by atoms with Gasteiger partial charge in [-0.15, -0.1) is 0 Å². The molecule has 0 aliphatic carbocycles. The molecule has 8 heteroatoms. The van der Waals surface area contributed by atoms with E-state index in [1.807, 2.05) is 19.1 Å². The molecule has 2 aromatic rings. The quantitative estimate of drug-likeness (QED) is 0.600. The van der Waals surface area contributed by atoms with Crippen LogP contribution in [0.25, 0.3) is 0 Å². The van der Waals surface area contributed by atoms with E-state index in [1.165, 1.54) is 27.4 Å². The van der Waals surface area contributed by atoms with Crippen molar-refractivity contribution >= 4 is 17.3 Å². The van der Waals surface area contributed by atoms with Crippen LogP contribution in [0.2, 0.25) is 0 Å². The van der Waals surface area contributed by atoms with E-state index in [4.69, 9.17) is 14.2 Å². The highest BCUT2D eigenvalue weighted by Gasteiger charge is 2.32. The van der Waals surface area contributed by atoms with Gasteiger partial charge in [0.05, 0.1) is 26.3 Å². The molecule has 0 bridgehead atoms. The van der Waals surface area contributed by atoms with Gasteiger partial charge in [-0.2, -0.15) is 0 Å². The number of anilines is 1. The minimum absolute atomic E-state index is 0.0468. The Morgan fingerprint density at radius 1 is 1.08 bits per heavy atom. The van der Waals surface area contributed by atoms with Gasteiger partial charge in [0.15, 0.2) is 5.75 Å². The molecule has 0 aliphatic rings. The number of hydrogen-bond acceptors (Lipinski definition) is 6. The van der Waals surface area contributed by atoms with Crippen molar-refractivity contribution in [1.29, 1.82) is 0 Å². The van der Waals surface area contributed by atoms with Crippen molar-refractivity contribution in [2.75, 3.05) is 26.6 Å². The molecule has 2 aromatic carbocycles. The van der Waals surface area contributed by atoms with Gasteiger partial charge in [0, 0.05) is 11.8 Å². The summed E-state index contributed by atoms with van der Waals surface area (Å²) in [6.45, 7) is 2.02. The fourth-order valence-corrected chi connectivity index (χ4v) is 2.52. The van der Waals surface area contributed by atoms with Crippen LogP contribution in [0.1, 0.15) is 22.8 Å². The second kappa shape index (κ2) is 8.19. The summed E-state index contributed by atoms with van der Waals surface area (Å²) in [5, 5.41) is 14.2. The third kappa shape index (κ3) is 3.69. The highest BCUT2D eigenvalue weighted by atomic mass is 16.6. The average molecular weight is 360 g/mol. The number of benzene rings is 2. The van der Waals surface area contributed by atoms with Crippen LogP contribution in [0.5, 0.6) is 17.2 Å². The number of methoxy groups -OCH3 is 3. The minimum atomic E-state index is -0.685. The first-order valence-electron chi connectivity index (χ1n) is 7.84. The van der Waals surface area contributed by atoms with Crippen LogP contribution < -0.4 is 19.5 Å². The molecule has 0 saturated carbocycles. The lowest BCUT2D eigenvalue weighted by Crippen LogP contribution is -2.15. The van der Waals surface area contributed by atoms with Crippen molar-refractivity contribution in [3.63, 3.8) is 0 Å². The highest BCUT2D eigenvalue weighted by Crippen LogP contribution is 2.46. The summed E-state index contributed by atoms with van der Waals surface area (Å²) in [6.07, 6.45) is 0.868. The molecule has 26 heavy (non-hydrogen) atoms. The predicted octanol–water partition coefficient (Wildman–Crippen LogP) is 3.44. The fourth-order valence-electron chi connectivity index (χ4n) is 2.52. The van der Waals surface area contributed by atoms with Gasteiger partial charge < -0.3 is 19.5 Å². The number of hydrogen-bond donors (Lipinski definition) is 1. The summed E-state index contributed by atoms with van der Waals surface area (Å²) in [4.78, 5) is 23.5. The molecule has 1 amide bonds. The molecule has 0 aliphatic heterocycles. The van der Waals surface area contributed by atoms with E-state index in [2.05, 4.69) is 5.32 Å². The van der Waals surface area contributed by atoms with Gasteiger partial charge >= 0.3 is 5.69 Å². The van der Waals surface area contributed by atoms with Gasteiger partial charge in [0.25, 0.3) is 5.91 Å². The number of nitrogens with zero attached hydrogens (tertiary/aromatic N) is 1. The maximum atomic E-state index is 12.7. The number of rotatable bonds is 7. The maximum absolute atomic E-state index is 12.7. The zero-order valence-electron chi connectivity index (χ0n) is 15.0. The van der Waals surface area contributed by atoms with Gasteiger partial charge in [-0.25, -0.2) is 0 Å². The van der Waals surface area contributed by atoms with Crippen LogP contribution in [-0.4, -0.2) is 32.2 Å². The number of nitro benzene ring substituents is 1. The number of aryl methyl sites for hydroxylation is 1. The molecule has 8 nitrogen and oxygen atoms in total. The van der Waals surface area contributed by atoms with Crippen molar-refractivity contribution < 1.29 is 23.9 Å². The van der Waals surface area contributed by atoms with Gasteiger partial charge in [-0.3, -0.25) is 14.9 Å². The molecule has 0 radical (unpaired) electrons. The van der Waals surface area contributed by atoms with E-state index in [0.717, 1.165) is 12.0 Å². The van der Waals surface area contributed by atoms with Gasteiger partial charge in [0.2, 0.25) is 11.5 Å². The van der Waals surface area contributed by atoms with Crippen LogP contribution >= 0.6 is 0 Å². The lowest BCUT2D eigenvalue weighted by Gasteiger charge is -2.15. The number of nitro groups is 1. The van der Waals surface area contributed by atoms with Crippen LogP contribution in [0, 0.1) is 10.1 Å². The number of amides is 1. The zero-order valence-corrected chi connectivity index (χ0v) is 15.0. The first kappa shape index (κ1) is 19.0. The second-order valence-electron chi connectivity index (χ2n) is 5.30. The molecule has 1 N–H and O–H groups in total. The molecule has 0 atom stereocenters. The number of carbonyl (C=O) groups excluding carboxylic acids is 1. The predicted molar refractivity (Wildman–Crippen MR) is 96.5 cm³/mol. The molecule has 138 valence electrons. The Balaban J connectivity index is 2.51. The highest BCUT2D eigenvalue weighted by molar-refractivity contribution is 6.08. The molecule has 0 aromatic heterocycles. The summed E-state index contributed by atoms with van der Waals surface area (Å²) in [7, 11) is 3.96. The zero-order chi connectivity index (χ0) is 19.3. The Hall–Kier alpha value is -3.29. The molecule has 0 heterocycles. The van der Waals surface area contributed by atoms with Crippen molar-refractivity contribution in [3.05, 3.63) is 51.6 Å². The Bertz CT molecular complexity index is 817. The van der Waals surface area contributed by atoms with Gasteiger partial charge in [0.1, 0.15) is 5.56 Å². The fraction of sp³-hybridized carbons (Fsp3) is 0.278. The van der Waals surface area contributed by atoms with Crippen LogP contribution in [0.3, 0.4) is 0 Å². The Morgan fingerprint density at radius 3 is 2.15 bits per heavy atom. The first-order chi connectivity index (χ1) is 12.5. The van der Waals surface area contributed by atoms with Crippen LogP contribution in [0.15, 0.2) is 30.3 Å². The molecular weight excluding hydrogens is 340 g/mol. The monoisotopic (exact) mass is 360 g/mol. The lowest BCUT2D eigenvalue weighted by molar-refractivity contribution is -0.386. The second-order valence-corrected chi connectivity index (χ2v) is 5.30. The summed E-state index contributed by atoms with van der Waals surface area (Å²) in [5.41, 5.74) is 0.953. The van der Waals surface area contributed by atoms with E-state index in [0.29, 0.717) is 5.69 Å². The van der Waals surface area contributed by atoms with E-state index in [9.17, 15) is 14.9 Å². The summed E-state index contributed by atoms with van der Waals surface area (Å²) in [6, 6.07) is 8.48. The Morgan fingerprint density at radius 2 is 1.69 bits per heavy atom. The third-order valence-corrected chi connectivity index (χ3v) is 3.85. The van der Waals surface area contributed by atoms with Gasteiger partial charge in [-0.05, 0) is 24.1 Å². The number of nitrogens with one attached hydrogen (secondary N) is 1. The smallest absolute Gasteiger partial charge is 0.327 e. The third-order valence-electron chi connectivity index (χ3n) is 3.85. The van der Waals surface area contributed by atoms with Crippen LogP contribution in [0.4, 0.5) is 11.4 Å². The first-order valence-corrected chi connectivity index (χ1v) is 7.84. The van der Waals surface area contributed by atoms with Crippen molar-refractivity contribution in [2.45, 2.75) is 13.3 Å². The SMILES string of the molecule is CCc1ccc(NC(=O)c2cc(OC)c(OC)c(OC)c2[N+](=O)[O-])cc1. The molecule has 0 saturated heterocycles. The minimum Gasteiger partial charge on any atom is -0.493 e. The lowest BCUT2D eigenvalue weighted by atomic mass is 10.1. The number of ether oxygens (including phenoxy) is 3. The summed E-state index contributed by atoms with van der Waals surface area (Å²) in [5.74, 6) is -0.629. The number of carbonyl (C=O) groups is 1. The largest absolute Gasteiger partial charge is 0.493 e. The van der Waals surface area contributed by atoms with E-state index in [-0.39, 0.29) is 22.8 Å². The van der Waals surface area contributed by atoms with Crippen molar-refractivity contribution in [3.8, 4) is 17.2 Å². The van der Waals surface area contributed by atoms with E-state index in [1.54, 1.807) is 12.1 Å².